The van der Waals surface area contributed by atoms with E-state index in [-0.39, 0.29) is 0 Å². The fraction of sp³-hybridized carbons (Fsp3) is 0.529. The molecule has 3 rings (SSSR count). The minimum Gasteiger partial charge on any atom is -0.303 e. The van der Waals surface area contributed by atoms with Gasteiger partial charge in [-0.1, -0.05) is 42.1 Å². The first-order chi connectivity index (χ1) is 10.7. The summed E-state index contributed by atoms with van der Waals surface area (Å²) in [7, 11) is 2.24. The van der Waals surface area contributed by atoms with Gasteiger partial charge in [-0.3, -0.25) is 0 Å². The van der Waals surface area contributed by atoms with Crippen molar-refractivity contribution in [1.29, 1.82) is 0 Å². The molecule has 0 bridgehead atoms. The molecule has 1 aliphatic rings. The predicted molar refractivity (Wildman–Crippen MR) is 91.3 cm³/mol. The van der Waals surface area contributed by atoms with Crippen molar-refractivity contribution in [2.75, 3.05) is 19.3 Å². The molecule has 4 nitrogen and oxygen atoms in total. The lowest BCUT2D eigenvalue weighted by Crippen LogP contribution is -2.25. The third-order valence-corrected chi connectivity index (χ3v) is 5.44. The van der Waals surface area contributed by atoms with E-state index in [4.69, 9.17) is 0 Å². The Kier molecular flexibility index (Phi) is 5.16. The normalized spacial score (nSPS) is 18.9. The average molecular weight is 316 g/mol. The molecule has 1 atom stereocenters. The zero-order chi connectivity index (χ0) is 15.4. The number of hydrogen-bond acceptors (Lipinski definition) is 4. The lowest BCUT2D eigenvalue weighted by molar-refractivity contribution is 0.305. The van der Waals surface area contributed by atoms with E-state index in [0.717, 1.165) is 29.3 Å². The molecule has 22 heavy (non-hydrogen) atoms. The van der Waals surface area contributed by atoms with E-state index < -0.39 is 0 Å². The zero-order valence-electron chi connectivity index (χ0n) is 13.4. The second-order valence-electron chi connectivity index (χ2n) is 6.02. The molecule has 0 radical (unpaired) electrons. The van der Waals surface area contributed by atoms with Crippen molar-refractivity contribution in [2.24, 2.45) is 0 Å². The van der Waals surface area contributed by atoms with E-state index >= 15 is 0 Å². The second kappa shape index (κ2) is 7.29. The van der Waals surface area contributed by atoms with Gasteiger partial charge in [-0.25, -0.2) is 0 Å². The van der Waals surface area contributed by atoms with E-state index in [1.807, 2.05) is 18.7 Å². The first-order valence-corrected chi connectivity index (χ1v) is 8.99. The Bertz CT molecular complexity index is 596. The SMILES string of the molecule is Cc1nnc(SCC[C@@H]2CCCN2C)n1Cc1ccccc1. The number of benzene rings is 1. The van der Waals surface area contributed by atoms with Gasteiger partial charge in [-0.15, -0.1) is 10.2 Å². The molecule has 0 amide bonds. The number of rotatable bonds is 6. The van der Waals surface area contributed by atoms with Crippen molar-refractivity contribution >= 4 is 11.8 Å². The fourth-order valence-electron chi connectivity index (χ4n) is 3.05. The van der Waals surface area contributed by atoms with Gasteiger partial charge in [0, 0.05) is 11.8 Å². The van der Waals surface area contributed by atoms with Gasteiger partial charge < -0.3 is 9.47 Å². The first-order valence-electron chi connectivity index (χ1n) is 8.01. The molecule has 2 heterocycles. The monoisotopic (exact) mass is 316 g/mol. The van der Waals surface area contributed by atoms with Gasteiger partial charge in [0.1, 0.15) is 5.82 Å². The van der Waals surface area contributed by atoms with Crippen molar-refractivity contribution in [3.05, 3.63) is 41.7 Å². The maximum atomic E-state index is 4.36. The minimum absolute atomic E-state index is 0.749. The molecular weight excluding hydrogens is 292 g/mol. The topological polar surface area (TPSA) is 34.0 Å². The molecule has 0 unspecified atom stereocenters. The Hall–Kier alpha value is -1.33. The first kappa shape index (κ1) is 15.6. The van der Waals surface area contributed by atoms with Gasteiger partial charge in [0.2, 0.25) is 0 Å². The predicted octanol–water partition coefficient (Wildman–Crippen LogP) is 3.21. The van der Waals surface area contributed by atoms with E-state index in [2.05, 4.69) is 57.0 Å². The van der Waals surface area contributed by atoms with E-state index in [0.29, 0.717) is 0 Å². The summed E-state index contributed by atoms with van der Waals surface area (Å²) in [5, 5.41) is 9.66. The van der Waals surface area contributed by atoms with Crippen LogP contribution >= 0.6 is 11.8 Å². The maximum absolute atomic E-state index is 4.36. The van der Waals surface area contributed by atoms with Crippen LogP contribution in [0.5, 0.6) is 0 Å². The summed E-state index contributed by atoms with van der Waals surface area (Å²) in [6.07, 6.45) is 3.92. The Labute approximate surface area is 136 Å². The second-order valence-corrected chi connectivity index (χ2v) is 7.08. The molecule has 5 heteroatoms. The average Bonchev–Trinajstić information content (AvgIpc) is 3.09. The third-order valence-electron chi connectivity index (χ3n) is 4.44. The van der Waals surface area contributed by atoms with Gasteiger partial charge >= 0.3 is 0 Å². The quantitative estimate of drug-likeness (QED) is 0.766. The molecule has 0 aliphatic carbocycles. The summed E-state index contributed by atoms with van der Waals surface area (Å²) in [6, 6.07) is 11.3. The highest BCUT2D eigenvalue weighted by molar-refractivity contribution is 7.99. The lowest BCUT2D eigenvalue weighted by Gasteiger charge is -2.18. The summed E-state index contributed by atoms with van der Waals surface area (Å²) in [5.41, 5.74) is 1.29. The molecule has 1 saturated heterocycles. The van der Waals surface area contributed by atoms with Gasteiger partial charge in [0.05, 0.1) is 6.54 Å². The molecule has 118 valence electrons. The number of thioether (sulfide) groups is 1. The van der Waals surface area contributed by atoms with Crippen LogP contribution in [0, 0.1) is 6.92 Å². The van der Waals surface area contributed by atoms with Crippen molar-refractivity contribution in [2.45, 2.75) is 43.9 Å². The standard InChI is InChI=1S/C17H24N4S/c1-14-18-19-17(21(14)13-15-7-4-3-5-8-15)22-12-10-16-9-6-11-20(16)2/h3-5,7-8,16H,6,9-13H2,1-2H3/t16-/m0/s1. The van der Waals surface area contributed by atoms with Gasteiger partial charge in [-0.2, -0.15) is 0 Å². The minimum atomic E-state index is 0.749. The van der Waals surface area contributed by atoms with Crippen molar-refractivity contribution in [1.82, 2.24) is 19.7 Å². The zero-order valence-corrected chi connectivity index (χ0v) is 14.2. The van der Waals surface area contributed by atoms with E-state index in [1.54, 1.807) is 0 Å². The number of hydrogen-bond donors (Lipinski definition) is 0. The molecule has 2 aromatic rings. The van der Waals surface area contributed by atoms with E-state index in [1.165, 1.54) is 31.4 Å². The van der Waals surface area contributed by atoms with Crippen LogP contribution in [0.2, 0.25) is 0 Å². The van der Waals surface area contributed by atoms with Gasteiger partial charge in [0.25, 0.3) is 0 Å². The maximum Gasteiger partial charge on any atom is 0.191 e. The molecule has 0 spiro atoms. The summed E-state index contributed by atoms with van der Waals surface area (Å²) >= 11 is 1.84. The molecule has 1 aromatic heterocycles. The third kappa shape index (κ3) is 3.70. The Balaban J connectivity index is 1.59. The Morgan fingerprint density at radius 2 is 2.05 bits per heavy atom. The summed E-state index contributed by atoms with van der Waals surface area (Å²) in [5.74, 6) is 2.10. The van der Waals surface area contributed by atoms with Crippen LogP contribution in [0.15, 0.2) is 35.5 Å². The van der Waals surface area contributed by atoms with Gasteiger partial charge in [0.15, 0.2) is 5.16 Å². The van der Waals surface area contributed by atoms with Gasteiger partial charge in [-0.05, 0) is 45.3 Å². The fourth-order valence-corrected chi connectivity index (χ4v) is 4.07. The van der Waals surface area contributed by atoms with E-state index in [9.17, 15) is 0 Å². The lowest BCUT2D eigenvalue weighted by atomic mass is 10.2. The smallest absolute Gasteiger partial charge is 0.191 e. The summed E-state index contributed by atoms with van der Waals surface area (Å²) in [4.78, 5) is 2.49. The van der Waals surface area contributed by atoms with Crippen LogP contribution < -0.4 is 0 Å². The van der Waals surface area contributed by atoms with Crippen molar-refractivity contribution < 1.29 is 0 Å². The number of aryl methyl sites for hydroxylation is 1. The summed E-state index contributed by atoms with van der Waals surface area (Å²) in [6.45, 7) is 4.13. The highest BCUT2D eigenvalue weighted by atomic mass is 32.2. The molecule has 0 saturated carbocycles. The molecule has 1 aromatic carbocycles. The van der Waals surface area contributed by atoms with Crippen LogP contribution in [-0.2, 0) is 6.54 Å². The Morgan fingerprint density at radius 3 is 2.77 bits per heavy atom. The van der Waals surface area contributed by atoms with Crippen molar-refractivity contribution in [3.8, 4) is 0 Å². The highest BCUT2D eigenvalue weighted by Crippen LogP contribution is 2.24. The molecular formula is C17H24N4S. The molecule has 1 aliphatic heterocycles. The van der Waals surface area contributed by atoms with Crippen LogP contribution in [0.3, 0.4) is 0 Å². The number of nitrogens with zero attached hydrogens (tertiary/aromatic N) is 4. The van der Waals surface area contributed by atoms with Crippen LogP contribution in [-0.4, -0.2) is 45.1 Å². The van der Waals surface area contributed by atoms with Crippen LogP contribution in [0.4, 0.5) is 0 Å². The molecule has 1 fully saturated rings. The number of likely N-dealkylation sites (tertiary alicyclic amines) is 1. The molecule has 0 N–H and O–H groups in total. The largest absolute Gasteiger partial charge is 0.303 e. The Morgan fingerprint density at radius 1 is 1.23 bits per heavy atom. The van der Waals surface area contributed by atoms with Crippen molar-refractivity contribution in [3.63, 3.8) is 0 Å². The van der Waals surface area contributed by atoms with Crippen LogP contribution in [0.1, 0.15) is 30.7 Å². The highest BCUT2D eigenvalue weighted by Gasteiger charge is 2.20. The summed E-state index contributed by atoms with van der Waals surface area (Å²) < 4.78 is 2.22. The van der Waals surface area contributed by atoms with Crippen LogP contribution in [0.25, 0.3) is 0 Å². The number of aromatic nitrogens is 3.